The summed E-state index contributed by atoms with van der Waals surface area (Å²) in [7, 11) is 1.92. The molecule has 0 aliphatic carbocycles. The smallest absolute Gasteiger partial charge is 0.152 e. The molecule has 1 unspecified atom stereocenters. The molecule has 6 nitrogen and oxygen atoms in total. The van der Waals surface area contributed by atoms with Gasteiger partial charge < -0.3 is 4.84 Å². The third-order valence-electron chi connectivity index (χ3n) is 4.43. The van der Waals surface area contributed by atoms with Gasteiger partial charge in [-0.25, -0.2) is 0 Å². The van der Waals surface area contributed by atoms with Crippen LogP contribution < -0.4 is 0 Å². The molecule has 0 saturated carbocycles. The van der Waals surface area contributed by atoms with Crippen LogP contribution in [0.1, 0.15) is 19.8 Å². The Bertz CT molecular complexity index is 908. The Hall–Kier alpha value is -2.89. The summed E-state index contributed by atoms with van der Waals surface area (Å²) in [6.07, 6.45) is 7.81. The topological polar surface area (TPSA) is 57.2 Å². The Labute approximate surface area is 146 Å². The highest BCUT2D eigenvalue weighted by atomic mass is 16.6. The number of oxime groups is 1. The lowest BCUT2D eigenvalue weighted by Crippen LogP contribution is -2.16. The first-order chi connectivity index (χ1) is 12.2. The van der Waals surface area contributed by atoms with E-state index in [4.69, 9.17) is 9.94 Å². The first kappa shape index (κ1) is 15.6. The molecule has 0 saturated heterocycles. The van der Waals surface area contributed by atoms with E-state index >= 15 is 0 Å². The predicted molar refractivity (Wildman–Crippen MR) is 97.1 cm³/mol. The van der Waals surface area contributed by atoms with E-state index < -0.39 is 0 Å². The minimum absolute atomic E-state index is 0.0874. The van der Waals surface area contributed by atoms with Crippen molar-refractivity contribution in [3.8, 4) is 22.4 Å². The molecule has 1 aliphatic rings. The van der Waals surface area contributed by atoms with E-state index in [1.807, 2.05) is 41.1 Å². The van der Waals surface area contributed by atoms with Crippen molar-refractivity contribution in [1.29, 1.82) is 0 Å². The van der Waals surface area contributed by atoms with Gasteiger partial charge in [0.25, 0.3) is 0 Å². The number of aromatic nitrogens is 4. The van der Waals surface area contributed by atoms with Crippen LogP contribution in [0, 0.1) is 0 Å². The van der Waals surface area contributed by atoms with Gasteiger partial charge in [0, 0.05) is 37.0 Å². The zero-order valence-electron chi connectivity index (χ0n) is 14.5. The maximum absolute atomic E-state index is 5.47. The van der Waals surface area contributed by atoms with Crippen LogP contribution in [0.25, 0.3) is 22.4 Å². The summed E-state index contributed by atoms with van der Waals surface area (Å²) in [5, 5.41) is 13.1. The fraction of sp³-hybridized carbons (Fsp3) is 0.316. The summed E-state index contributed by atoms with van der Waals surface area (Å²) >= 11 is 0. The number of benzene rings is 1. The van der Waals surface area contributed by atoms with Crippen LogP contribution in [0.2, 0.25) is 0 Å². The molecule has 25 heavy (non-hydrogen) atoms. The van der Waals surface area contributed by atoms with Crippen molar-refractivity contribution in [2.45, 2.75) is 32.4 Å². The summed E-state index contributed by atoms with van der Waals surface area (Å²) in [4.78, 5) is 5.47. The second-order valence-corrected chi connectivity index (χ2v) is 6.35. The third kappa shape index (κ3) is 3.33. The van der Waals surface area contributed by atoms with Crippen molar-refractivity contribution in [3.63, 3.8) is 0 Å². The lowest BCUT2D eigenvalue weighted by molar-refractivity contribution is 0.0698. The average Bonchev–Trinajstić information content (AvgIpc) is 3.36. The van der Waals surface area contributed by atoms with Crippen LogP contribution in [-0.2, 0) is 18.4 Å². The minimum Gasteiger partial charge on any atom is -0.390 e. The van der Waals surface area contributed by atoms with Gasteiger partial charge in [0.2, 0.25) is 0 Å². The van der Waals surface area contributed by atoms with E-state index in [0.717, 1.165) is 47.5 Å². The number of aryl methyl sites for hydroxylation is 1. The van der Waals surface area contributed by atoms with Gasteiger partial charge in [-0.3, -0.25) is 9.36 Å². The second kappa shape index (κ2) is 6.55. The molecule has 3 aromatic rings. The fourth-order valence-corrected chi connectivity index (χ4v) is 3.05. The number of hydrogen-bond acceptors (Lipinski definition) is 4. The van der Waals surface area contributed by atoms with Gasteiger partial charge >= 0.3 is 0 Å². The zero-order chi connectivity index (χ0) is 17.2. The normalized spacial score (nSPS) is 16.7. The first-order valence-corrected chi connectivity index (χ1v) is 8.55. The van der Waals surface area contributed by atoms with Crippen molar-refractivity contribution in [2.75, 3.05) is 0 Å². The van der Waals surface area contributed by atoms with Gasteiger partial charge in [-0.15, -0.1) is 0 Å². The average molecular weight is 335 g/mol. The van der Waals surface area contributed by atoms with Crippen molar-refractivity contribution >= 4 is 5.71 Å². The predicted octanol–water partition coefficient (Wildman–Crippen LogP) is 3.51. The zero-order valence-corrected chi connectivity index (χ0v) is 14.5. The Morgan fingerprint density at radius 3 is 2.84 bits per heavy atom. The number of nitrogens with zero attached hydrogens (tertiary/aromatic N) is 5. The Morgan fingerprint density at radius 1 is 1.20 bits per heavy atom. The van der Waals surface area contributed by atoms with Gasteiger partial charge in [-0.05, 0) is 24.1 Å². The molecule has 3 heterocycles. The van der Waals surface area contributed by atoms with E-state index in [1.54, 1.807) is 0 Å². The molecular formula is C19H21N5O. The van der Waals surface area contributed by atoms with Crippen LogP contribution in [0.4, 0.5) is 0 Å². The quantitative estimate of drug-likeness (QED) is 0.717. The van der Waals surface area contributed by atoms with Crippen LogP contribution in [-0.4, -0.2) is 31.4 Å². The highest BCUT2D eigenvalue weighted by Gasteiger charge is 2.20. The maximum Gasteiger partial charge on any atom is 0.152 e. The van der Waals surface area contributed by atoms with Gasteiger partial charge in [-0.2, -0.15) is 10.2 Å². The standard InChI is InChI=1S/C19H21N5O/c1-3-17-10-18(25-22-17)13-24-8-7-19(21-24)15-6-4-5-14(9-15)16-11-20-23(2)12-16/h4-9,11-12,18H,3,10,13H2,1-2H3. The number of rotatable bonds is 5. The largest absolute Gasteiger partial charge is 0.390 e. The van der Waals surface area contributed by atoms with Crippen LogP contribution in [0.3, 0.4) is 0 Å². The minimum atomic E-state index is 0.0874. The molecule has 0 fully saturated rings. The molecule has 128 valence electrons. The highest BCUT2D eigenvalue weighted by Crippen LogP contribution is 2.25. The van der Waals surface area contributed by atoms with E-state index in [-0.39, 0.29) is 6.10 Å². The molecule has 0 spiro atoms. The molecule has 2 aromatic heterocycles. The van der Waals surface area contributed by atoms with Gasteiger partial charge in [0.05, 0.1) is 24.1 Å². The Morgan fingerprint density at radius 2 is 2.08 bits per heavy atom. The molecule has 0 amide bonds. The van der Waals surface area contributed by atoms with E-state index in [1.165, 1.54) is 0 Å². The Kier molecular flexibility index (Phi) is 4.09. The van der Waals surface area contributed by atoms with Crippen molar-refractivity contribution in [1.82, 2.24) is 19.6 Å². The second-order valence-electron chi connectivity index (χ2n) is 6.35. The molecular weight excluding hydrogens is 314 g/mol. The molecule has 1 aromatic carbocycles. The summed E-state index contributed by atoms with van der Waals surface area (Å²) < 4.78 is 3.75. The molecule has 0 bridgehead atoms. The maximum atomic E-state index is 5.47. The van der Waals surface area contributed by atoms with Gasteiger partial charge in [0.1, 0.15) is 0 Å². The molecule has 0 radical (unpaired) electrons. The molecule has 0 N–H and O–H groups in total. The molecule has 1 atom stereocenters. The van der Waals surface area contributed by atoms with E-state index in [9.17, 15) is 0 Å². The third-order valence-corrected chi connectivity index (χ3v) is 4.43. The highest BCUT2D eigenvalue weighted by molar-refractivity contribution is 5.85. The van der Waals surface area contributed by atoms with E-state index in [0.29, 0.717) is 0 Å². The van der Waals surface area contributed by atoms with Crippen molar-refractivity contribution in [3.05, 3.63) is 48.9 Å². The van der Waals surface area contributed by atoms with Crippen molar-refractivity contribution < 1.29 is 4.84 Å². The molecule has 4 rings (SSSR count). The monoisotopic (exact) mass is 335 g/mol. The van der Waals surface area contributed by atoms with Crippen molar-refractivity contribution in [2.24, 2.45) is 12.2 Å². The van der Waals surface area contributed by atoms with Crippen LogP contribution in [0.5, 0.6) is 0 Å². The van der Waals surface area contributed by atoms with E-state index in [2.05, 4.69) is 41.4 Å². The summed E-state index contributed by atoms with van der Waals surface area (Å²) in [5.41, 5.74) is 5.42. The Balaban J connectivity index is 1.50. The van der Waals surface area contributed by atoms with Gasteiger partial charge in [-0.1, -0.05) is 30.3 Å². The summed E-state index contributed by atoms with van der Waals surface area (Å²) in [5.74, 6) is 0. The summed E-state index contributed by atoms with van der Waals surface area (Å²) in [6, 6.07) is 10.4. The van der Waals surface area contributed by atoms with Gasteiger partial charge in [0.15, 0.2) is 6.10 Å². The van der Waals surface area contributed by atoms with Crippen LogP contribution in [0.15, 0.2) is 54.1 Å². The van der Waals surface area contributed by atoms with Crippen LogP contribution >= 0.6 is 0 Å². The summed E-state index contributed by atoms with van der Waals surface area (Å²) in [6.45, 7) is 2.82. The number of hydrogen-bond donors (Lipinski definition) is 0. The lowest BCUT2D eigenvalue weighted by Gasteiger charge is -2.08. The SMILES string of the molecule is CCC1=NOC(Cn2ccc(-c3cccc(-c4cnn(C)c4)c3)n2)C1. The fourth-order valence-electron chi connectivity index (χ4n) is 3.05. The lowest BCUT2D eigenvalue weighted by atomic mass is 10.0. The first-order valence-electron chi connectivity index (χ1n) is 8.55. The molecule has 1 aliphatic heterocycles. The molecule has 6 heteroatoms.